The first-order valence-electron chi connectivity index (χ1n) is 3.46. The normalized spacial score (nSPS) is 16.3. The quantitative estimate of drug-likeness (QED) is 0.632. The molecule has 3 nitrogen and oxygen atoms in total. The summed E-state index contributed by atoms with van der Waals surface area (Å²) in [5, 5.41) is 2.90. The summed E-state index contributed by atoms with van der Waals surface area (Å²) in [6, 6.07) is 0. The lowest BCUT2D eigenvalue weighted by Gasteiger charge is -1.93. The first-order valence-corrected chi connectivity index (χ1v) is 4.34. The lowest BCUT2D eigenvalue weighted by Crippen LogP contribution is -1.99. The molecular formula is C7H8N2OS. The van der Waals surface area contributed by atoms with Crippen LogP contribution in [-0.2, 0) is 4.74 Å². The lowest BCUT2D eigenvalue weighted by atomic mass is 10.6. The predicted octanol–water partition coefficient (Wildman–Crippen LogP) is 1.23. The molecule has 0 saturated heterocycles. The van der Waals surface area contributed by atoms with Gasteiger partial charge < -0.3 is 4.74 Å². The van der Waals surface area contributed by atoms with Crippen molar-refractivity contribution in [3.63, 3.8) is 0 Å². The molecule has 0 N–H and O–H groups in total. The number of thiazole rings is 1. The van der Waals surface area contributed by atoms with Crippen molar-refractivity contribution < 1.29 is 4.74 Å². The Bertz CT molecular complexity index is 292. The summed E-state index contributed by atoms with van der Waals surface area (Å²) < 4.78 is 5.25. The van der Waals surface area contributed by atoms with E-state index in [-0.39, 0.29) is 0 Å². The zero-order valence-corrected chi connectivity index (χ0v) is 7.02. The number of aliphatic imine (C=N–C) groups is 1. The average Bonchev–Trinajstić information content (AvgIpc) is 2.55. The van der Waals surface area contributed by atoms with Crippen molar-refractivity contribution in [1.82, 2.24) is 4.98 Å². The van der Waals surface area contributed by atoms with E-state index in [1.807, 2.05) is 12.3 Å². The van der Waals surface area contributed by atoms with Gasteiger partial charge in [-0.3, -0.25) is 0 Å². The molecule has 0 spiro atoms. The van der Waals surface area contributed by atoms with Crippen LogP contribution in [0.4, 0.5) is 0 Å². The van der Waals surface area contributed by atoms with E-state index in [9.17, 15) is 0 Å². The van der Waals surface area contributed by atoms with E-state index in [1.165, 1.54) is 0 Å². The Morgan fingerprint density at radius 2 is 2.55 bits per heavy atom. The average molecular weight is 168 g/mol. The topological polar surface area (TPSA) is 34.5 Å². The molecule has 0 amide bonds. The van der Waals surface area contributed by atoms with Crippen molar-refractivity contribution >= 4 is 17.2 Å². The summed E-state index contributed by atoms with van der Waals surface area (Å²) in [6.07, 6.45) is 0. The van der Waals surface area contributed by atoms with E-state index in [2.05, 4.69) is 9.98 Å². The number of rotatable bonds is 1. The van der Waals surface area contributed by atoms with Gasteiger partial charge in [0, 0.05) is 11.1 Å². The second-order valence-corrected chi connectivity index (χ2v) is 3.19. The van der Waals surface area contributed by atoms with Crippen molar-refractivity contribution in [1.29, 1.82) is 0 Å². The number of nitrogens with zero attached hydrogens (tertiary/aromatic N) is 2. The second kappa shape index (κ2) is 2.62. The smallest absolute Gasteiger partial charge is 0.246 e. The maximum atomic E-state index is 5.25. The third kappa shape index (κ3) is 1.26. The van der Waals surface area contributed by atoms with E-state index in [0.29, 0.717) is 12.5 Å². The Balaban J connectivity index is 2.28. The Morgan fingerprint density at radius 3 is 3.09 bits per heavy atom. The van der Waals surface area contributed by atoms with Crippen molar-refractivity contribution in [2.45, 2.75) is 6.92 Å². The molecule has 2 rings (SSSR count). The predicted molar refractivity (Wildman–Crippen MR) is 44.2 cm³/mol. The minimum Gasteiger partial charge on any atom is -0.474 e. The van der Waals surface area contributed by atoms with Crippen LogP contribution < -0.4 is 0 Å². The van der Waals surface area contributed by atoms with Gasteiger partial charge in [0.1, 0.15) is 6.61 Å². The monoisotopic (exact) mass is 168 g/mol. The highest BCUT2D eigenvalue weighted by molar-refractivity contribution is 7.11. The number of aryl methyl sites for hydroxylation is 1. The van der Waals surface area contributed by atoms with Gasteiger partial charge in [0.2, 0.25) is 5.90 Å². The van der Waals surface area contributed by atoms with Crippen LogP contribution in [0.5, 0.6) is 0 Å². The van der Waals surface area contributed by atoms with E-state index in [4.69, 9.17) is 4.74 Å². The third-order valence-corrected chi connectivity index (χ3v) is 2.34. The molecule has 0 unspecified atom stereocenters. The molecule has 4 heteroatoms. The van der Waals surface area contributed by atoms with Crippen LogP contribution in [0, 0.1) is 6.92 Å². The standard InChI is InChI=1S/C7H8N2OS/c1-5-4-11-7(9-5)6-8-2-3-10-6/h4H,2-3H2,1H3. The summed E-state index contributed by atoms with van der Waals surface area (Å²) in [6.45, 7) is 3.44. The molecule has 58 valence electrons. The highest BCUT2D eigenvalue weighted by Crippen LogP contribution is 2.12. The molecule has 1 aromatic heterocycles. The maximum absolute atomic E-state index is 5.25. The molecule has 0 aliphatic carbocycles. The maximum Gasteiger partial charge on any atom is 0.246 e. The summed E-state index contributed by atoms with van der Waals surface area (Å²) in [5.41, 5.74) is 1.03. The van der Waals surface area contributed by atoms with Gasteiger partial charge in [-0.2, -0.15) is 0 Å². The van der Waals surface area contributed by atoms with E-state index in [0.717, 1.165) is 17.2 Å². The Labute approximate surface area is 68.8 Å². The molecule has 0 atom stereocenters. The van der Waals surface area contributed by atoms with Gasteiger partial charge in [0.05, 0.1) is 6.54 Å². The van der Waals surface area contributed by atoms with Gasteiger partial charge >= 0.3 is 0 Å². The van der Waals surface area contributed by atoms with Crippen LogP contribution in [0.25, 0.3) is 0 Å². The van der Waals surface area contributed by atoms with Crippen LogP contribution in [0.3, 0.4) is 0 Å². The van der Waals surface area contributed by atoms with Crippen LogP contribution in [0.15, 0.2) is 10.4 Å². The van der Waals surface area contributed by atoms with Crippen LogP contribution in [0.1, 0.15) is 10.7 Å². The van der Waals surface area contributed by atoms with E-state index < -0.39 is 0 Å². The first-order chi connectivity index (χ1) is 5.36. The number of aromatic nitrogens is 1. The van der Waals surface area contributed by atoms with Gasteiger partial charge in [-0.05, 0) is 6.92 Å². The molecule has 0 radical (unpaired) electrons. The van der Waals surface area contributed by atoms with Gasteiger partial charge in [0.15, 0.2) is 5.01 Å². The number of ether oxygens (including phenoxy) is 1. The highest BCUT2D eigenvalue weighted by atomic mass is 32.1. The number of hydrogen-bond acceptors (Lipinski definition) is 4. The van der Waals surface area contributed by atoms with Crippen molar-refractivity contribution in [3.05, 3.63) is 16.1 Å². The Kier molecular flexibility index (Phi) is 1.62. The fourth-order valence-corrected chi connectivity index (χ4v) is 1.67. The zero-order valence-electron chi connectivity index (χ0n) is 6.20. The zero-order chi connectivity index (χ0) is 7.68. The molecule has 0 saturated carbocycles. The summed E-state index contributed by atoms with van der Waals surface area (Å²) in [7, 11) is 0. The molecule has 2 heterocycles. The van der Waals surface area contributed by atoms with Crippen LogP contribution in [0.2, 0.25) is 0 Å². The highest BCUT2D eigenvalue weighted by Gasteiger charge is 2.12. The summed E-state index contributed by atoms with van der Waals surface area (Å²) in [5.74, 6) is 0.711. The minimum absolute atomic E-state index is 0.702. The second-order valence-electron chi connectivity index (χ2n) is 2.33. The molecule has 0 fully saturated rings. The molecule has 0 aromatic carbocycles. The molecule has 0 bridgehead atoms. The summed E-state index contributed by atoms with van der Waals surface area (Å²) >= 11 is 1.58. The van der Waals surface area contributed by atoms with Gasteiger partial charge in [0.25, 0.3) is 0 Å². The van der Waals surface area contributed by atoms with Gasteiger partial charge in [-0.25, -0.2) is 9.98 Å². The molecule has 1 aliphatic rings. The number of hydrogen-bond donors (Lipinski definition) is 0. The van der Waals surface area contributed by atoms with Crippen molar-refractivity contribution in [2.24, 2.45) is 4.99 Å². The SMILES string of the molecule is Cc1csc(C2=NCCO2)n1. The first kappa shape index (κ1) is 6.79. The molecule has 11 heavy (non-hydrogen) atoms. The van der Waals surface area contributed by atoms with E-state index >= 15 is 0 Å². The molecule has 1 aromatic rings. The Morgan fingerprint density at radius 1 is 1.64 bits per heavy atom. The minimum atomic E-state index is 0.702. The Hall–Kier alpha value is -0.900. The fourth-order valence-electron chi connectivity index (χ4n) is 0.917. The third-order valence-electron chi connectivity index (χ3n) is 1.39. The fraction of sp³-hybridized carbons (Fsp3) is 0.429. The van der Waals surface area contributed by atoms with Crippen molar-refractivity contribution in [3.8, 4) is 0 Å². The van der Waals surface area contributed by atoms with Gasteiger partial charge in [-0.1, -0.05) is 0 Å². The van der Waals surface area contributed by atoms with Gasteiger partial charge in [-0.15, -0.1) is 11.3 Å². The molecular weight excluding hydrogens is 160 g/mol. The van der Waals surface area contributed by atoms with Crippen LogP contribution in [-0.4, -0.2) is 24.0 Å². The van der Waals surface area contributed by atoms with Crippen LogP contribution >= 0.6 is 11.3 Å². The van der Waals surface area contributed by atoms with E-state index in [1.54, 1.807) is 11.3 Å². The molecule has 1 aliphatic heterocycles. The summed E-state index contributed by atoms with van der Waals surface area (Å²) in [4.78, 5) is 8.42. The largest absolute Gasteiger partial charge is 0.474 e. The van der Waals surface area contributed by atoms with Crippen molar-refractivity contribution in [2.75, 3.05) is 13.2 Å². The lowest BCUT2D eigenvalue weighted by molar-refractivity contribution is 0.348.